The van der Waals surface area contributed by atoms with Gasteiger partial charge >= 0.3 is 0 Å². The number of hydrogen-bond donors (Lipinski definition) is 3. The lowest BCUT2D eigenvalue weighted by molar-refractivity contribution is -0.161. The molecule has 0 spiro atoms. The van der Waals surface area contributed by atoms with Crippen molar-refractivity contribution in [1.82, 2.24) is 0 Å². The fraction of sp³-hybridized carbons (Fsp3) is 0.964. The molecule has 4 saturated carbocycles. The Bertz CT molecular complexity index is 706. The highest BCUT2D eigenvalue weighted by Gasteiger charge is 2.63. The molecule has 4 heteroatoms. The van der Waals surface area contributed by atoms with E-state index >= 15 is 0 Å². The van der Waals surface area contributed by atoms with E-state index < -0.39 is 12.2 Å². The smallest absolute Gasteiger partial charge is 0.136 e. The zero-order valence-corrected chi connectivity index (χ0v) is 21.3. The molecule has 12 atom stereocenters. The molecule has 4 aliphatic rings. The Labute approximate surface area is 195 Å². The topological polar surface area (TPSA) is 77.8 Å². The fourth-order valence-electron chi connectivity index (χ4n) is 9.18. The van der Waals surface area contributed by atoms with Gasteiger partial charge in [-0.15, -0.1) is 0 Å². The number of fused-ring (bicyclic) bond motifs is 5. The highest BCUT2D eigenvalue weighted by atomic mass is 16.3. The SMILES string of the molecule is CC(C)C(C)C(O)C(O)C(C)C1CCC2C3CC(=O)C4CC(O)CCC4(C)C3CCC12C. The van der Waals surface area contributed by atoms with E-state index in [0.717, 1.165) is 38.5 Å². The lowest BCUT2D eigenvalue weighted by atomic mass is 9.44. The molecule has 184 valence electrons. The van der Waals surface area contributed by atoms with Gasteiger partial charge < -0.3 is 15.3 Å². The van der Waals surface area contributed by atoms with Crippen molar-refractivity contribution in [3.63, 3.8) is 0 Å². The Morgan fingerprint density at radius 3 is 2.16 bits per heavy atom. The van der Waals surface area contributed by atoms with Crippen LogP contribution in [0.2, 0.25) is 0 Å². The van der Waals surface area contributed by atoms with E-state index in [0.29, 0.717) is 48.2 Å². The molecule has 0 aromatic carbocycles. The summed E-state index contributed by atoms with van der Waals surface area (Å²) < 4.78 is 0. The van der Waals surface area contributed by atoms with Crippen LogP contribution in [0.25, 0.3) is 0 Å². The minimum absolute atomic E-state index is 0.0440. The summed E-state index contributed by atoms with van der Waals surface area (Å²) in [6.07, 6.45) is 6.05. The fourth-order valence-corrected chi connectivity index (χ4v) is 9.18. The lowest BCUT2D eigenvalue weighted by Crippen LogP contribution is -2.57. The van der Waals surface area contributed by atoms with Crippen LogP contribution >= 0.6 is 0 Å². The van der Waals surface area contributed by atoms with Gasteiger partial charge in [0.05, 0.1) is 18.3 Å². The van der Waals surface area contributed by atoms with Crippen LogP contribution in [-0.4, -0.2) is 39.4 Å². The van der Waals surface area contributed by atoms with Crippen LogP contribution in [0.3, 0.4) is 0 Å². The maximum Gasteiger partial charge on any atom is 0.136 e. The number of carbonyl (C=O) groups is 1. The summed E-state index contributed by atoms with van der Waals surface area (Å²) in [5, 5.41) is 32.2. The van der Waals surface area contributed by atoms with Crippen LogP contribution in [0.1, 0.15) is 92.9 Å². The first-order chi connectivity index (χ1) is 14.9. The Morgan fingerprint density at radius 1 is 0.875 bits per heavy atom. The third kappa shape index (κ3) is 3.71. The molecule has 0 saturated heterocycles. The number of ketones is 1. The van der Waals surface area contributed by atoms with E-state index in [2.05, 4.69) is 34.6 Å². The summed E-state index contributed by atoms with van der Waals surface area (Å²) in [5.41, 5.74) is 0.187. The third-order valence-electron chi connectivity index (χ3n) is 11.6. The van der Waals surface area contributed by atoms with Crippen molar-refractivity contribution >= 4 is 5.78 Å². The second-order valence-corrected chi connectivity index (χ2v) is 13.2. The van der Waals surface area contributed by atoms with E-state index in [1.165, 1.54) is 0 Å². The van der Waals surface area contributed by atoms with E-state index in [9.17, 15) is 20.1 Å². The van der Waals surface area contributed by atoms with Gasteiger partial charge in [-0.25, -0.2) is 0 Å². The molecular formula is C28H48O4. The van der Waals surface area contributed by atoms with Gasteiger partial charge in [-0.1, -0.05) is 41.5 Å². The Kier molecular flexibility index (Phi) is 6.66. The zero-order chi connectivity index (χ0) is 23.6. The molecule has 0 heterocycles. The van der Waals surface area contributed by atoms with Crippen LogP contribution in [0.4, 0.5) is 0 Å². The van der Waals surface area contributed by atoms with Crippen molar-refractivity contribution in [3.05, 3.63) is 0 Å². The molecule has 4 nitrogen and oxygen atoms in total. The first-order valence-corrected chi connectivity index (χ1v) is 13.5. The van der Waals surface area contributed by atoms with Crippen molar-refractivity contribution in [2.75, 3.05) is 0 Å². The van der Waals surface area contributed by atoms with E-state index in [1.54, 1.807) is 0 Å². The van der Waals surface area contributed by atoms with Gasteiger partial charge in [0, 0.05) is 12.3 Å². The van der Waals surface area contributed by atoms with Crippen LogP contribution in [0, 0.1) is 58.2 Å². The summed E-state index contributed by atoms with van der Waals surface area (Å²) in [6, 6.07) is 0. The summed E-state index contributed by atoms with van der Waals surface area (Å²) in [7, 11) is 0. The molecule has 0 aliphatic heterocycles. The Balaban J connectivity index is 1.54. The molecular weight excluding hydrogens is 400 g/mol. The summed E-state index contributed by atoms with van der Waals surface area (Å²) >= 11 is 0. The number of hydrogen-bond acceptors (Lipinski definition) is 4. The number of rotatable bonds is 5. The standard InChI is InChI=1S/C28H48O4/c1-15(2)16(3)25(31)26(32)17(4)20-7-8-21-19-14-24(30)23-13-18(29)9-11-28(23,6)22(19)10-12-27(20,21)5/h15-23,25-26,29,31-32H,7-14H2,1-6H3. The van der Waals surface area contributed by atoms with Gasteiger partial charge in [-0.2, -0.15) is 0 Å². The molecule has 32 heavy (non-hydrogen) atoms. The Hall–Kier alpha value is -0.450. The Morgan fingerprint density at radius 2 is 1.50 bits per heavy atom. The van der Waals surface area contributed by atoms with Crippen LogP contribution in [0.5, 0.6) is 0 Å². The second-order valence-electron chi connectivity index (χ2n) is 13.2. The maximum atomic E-state index is 13.3. The van der Waals surface area contributed by atoms with Crippen molar-refractivity contribution in [3.8, 4) is 0 Å². The third-order valence-corrected chi connectivity index (χ3v) is 11.6. The highest BCUT2D eigenvalue weighted by Crippen LogP contribution is 2.67. The number of carbonyl (C=O) groups excluding carboxylic acids is 1. The molecule has 0 bridgehead atoms. The van der Waals surface area contributed by atoms with Gasteiger partial charge in [0.2, 0.25) is 0 Å². The van der Waals surface area contributed by atoms with Gasteiger partial charge in [-0.3, -0.25) is 4.79 Å². The van der Waals surface area contributed by atoms with Crippen molar-refractivity contribution in [1.29, 1.82) is 0 Å². The molecule has 4 rings (SSSR count). The quantitative estimate of drug-likeness (QED) is 0.563. The molecule has 0 amide bonds. The van der Waals surface area contributed by atoms with E-state index in [-0.39, 0.29) is 34.7 Å². The van der Waals surface area contributed by atoms with Gasteiger partial charge in [0.15, 0.2) is 0 Å². The van der Waals surface area contributed by atoms with Gasteiger partial charge in [0.25, 0.3) is 0 Å². The van der Waals surface area contributed by atoms with Gasteiger partial charge in [-0.05, 0) is 97.2 Å². The second kappa shape index (κ2) is 8.64. The van der Waals surface area contributed by atoms with E-state index in [1.807, 2.05) is 6.92 Å². The predicted molar refractivity (Wildman–Crippen MR) is 127 cm³/mol. The number of Topliss-reactive ketones (excluding diaryl/α,β-unsaturated/α-hetero) is 1. The van der Waals surface area contributed by atoms with E-state index in [4.69, 9.17) is 0 Å². The first kappa shape index (κ1) is 24.7. The van der Waals surface area contributed by atoms with Crippen molar-refractivity contribution < 1.29 is 20.1 Å². The minimum atomic E-state index is -0.694. The zero-order valence-electron chi connectivity index (χ0n) is 21.3. The highest BCUT2D eigenvalue weighted by molar-refractivity contribution is 5.83. The molecule has 0 aromatic heterocycles. The van der Waals surface area contributed by atoms with Crippen LogP contribution < -0.4 is 0 Å². The lowest BCUT2D eigenvalue weighted by Gasteiger charge is -2.60. The van der Waals surface area contributed by atoms with Crippen molar-refractivity contribution in [2.45, 2.75) is 111 Å². The molecule has 4 fully saturated rings. The summed E-state index contributed by atoms with van der Waals surface area (Å²) in [5.74, 6) is 2.88. The number of aliphatic hydroxyl groups excluding tert-OH is 3. The van der Waals surface area contributed by atoms with Crippen LogP contribution in [-0.2, 0) is 4.79 Å². The van der Waals surface area contributed by atoms with Crippen molar-refractivity contribution in [2.24, 2.45) is 58.2 Å². The molecule has 4 aliphatic carbocycles. The average Bonchev–Trinajstić information content (AvgIpc) is 3.10. The van der Waals surface area contributed by atoms with Gasteiger partial charge in [0.1, 0.15) is 5.78 Å². The number of aliphatic hydroxyl groups is 3. The molecule has 0 radical (unpaired) electrons. The monoisotopic (exact) mass is 448 g/mol. The molecule has 3 N–H and O–H groups in total. The van der Waals surface area contributed by atoms with Crippen LogP contribution in [0.15, 0.2) is 0 Å². The summed E-state index contributed by atoms with van der Waals surface area (Å²) in [4.78, 5) is 13.3. The molecule has 0 aromatic rings. The normalized spacial score (nSPS) is 47.9. The summed E-state index contributed by atoms with van der Waals surface area (Å²) in [6.45, 7) is 13.2. The average molecular weight is 449 g/mol. The minimum Gasteiger partial charge on any atom is -0.393 e. The predicted octanol–water partition coefficient (Wildman–Crippen LogP) is 4.84. The maximum absolute atomic E-state index is 13.3. The first-order valence-electron chi connectivity index (χ1n) is 13.5. The molecule has 12 unspecified atom stereocenters. The largest absolute Gasteiger partial charge is 0.393 e.